The number of nitrogens with two attached hydrogens (primary N) is 1. The molecule has 18 heavy (non-hydrogen) atoms. The second-order valence-electron chi connectivity index (χ2n) is 5.06. The van der Waals surface area contributed by atoms with Crippen LogP contribution in [0.4, 0.5) is 5.13 Å². The summed E-state index contributed by atoms with van der Waals surface area (Å²) in [5.74, 6) is 0. The summed E-state index contributed by atoms with van der Waals surface area (Å²) in [7, 11) is 0. The first-order chi connectivity index (χ1) is 8.61. The minimum absolute atomic E-state index is 0.0950. The Labute approximate surface area is 114 Å². The summed E-state index contributed by atoms with van der Waals surface area (Å²) in [6.45, 7) is 12.0. The van der Waals surface area contributed by atoms with Crippen molar-refractivity contribution >= 4 is 16.5 Å². The molecule has 1 aliphatic heterocycles. The lowest BCUT2D eigenvalue weighted by Crippen LogP contribution is -2.46. The first-order valence-corrected chi connectivity index (χ1v) is 7.63. The Morgan fingerprint density at radius 1 is 1.33 bits per heavy atom. The maximum absolute atomic E-state index is 5.96. The monoisotopic (exact) mass is 268 g/mol. The lowest BCUT2D eigenvalue weighted by atomic mass is 10.2. The number of aromatic nitrogens is 1. The second-order valence-corrected chi connectivity index (χ2v) is 6.07. The van der Waals surface area contributed by atoms with Crippen LogP contribution in [0.3, 0.4) is 0 Å². The van der Waals surface area contributed by atoms with E-state index >= 15 is 0 Å². The molecule has 1 atom stereocenters. The van der Waals surface area contributed by atoms with E-state index < -0.39 is 0 Å². The number of hydrogen-bond acceptors (Lipinski definition) is 5. The van der Waals surface area contributed by atoms with E-state index in [1.54, 1.807) is 11.3 Å². The fourth-order valence-corrected chi connectivity index (χ4v) is 3.50. The van der Waals surface area contributed by atoms with Gasteiger partial charge in [0.2, 0.25) is 0 Å². The molecule has 1 unspecified atom stereocenters. The highest BCUT2D eigenvalue weighted by Gasteiger charge is 2.20. The molecule has 0 bridgehead atoms. The van der Waals surface area contributed by atoms with E-state index in [0.717, 1.165) is 37.0 Å². The number of hydrogen-bond donors (Lipinski definition) is 1. The van der Waals surface area contributed by atoms with Crippen molar-refractivity contribution in [2.45, 2.75) is 33.2 Å². The first-order valence-electron chi connectivity index (χ1n) is 6.82. The van der Waals surface area contributed by atoms with Gasteiger partial charge in [0.15, 0.2) is 5.13 Å². The van der Waals surface area contributed by atoms with Gasteiger partial charge in [-0.05, 0) is 26.8 Å². The van der Waals surface area contributed by atoms with E-state index in [-0.39, 0.29) is 6.04 Å². The Hall–Kier alpha value is -0.650. The van der Waals surface area contributed by atoms with Crippen LogP contribution in [0.2, 0.25) is 0 Å². The van der Waals surface area contributed by atoms with Gasteiger partial charge in [0.1, 0.15) is 0 Å². The predicted molar refractivity (Wildman–Crippen MR) is 78.4 cm³/mol. The number of thiazole rings is 1. The number of rotatable bonds is 4. The van der Waals surface area contributed by atoms with Crippen molar-refractivity contribution in [2.75, 3.05) is 37.6 Å². The van der Waals surface area contributed by atoms with Crippen molar-refractivity contribution in [3.63, 3.8) is 0 Å². The molecule has 2 rings (SSSR count). The van der Waals surface area contributed by atoms with Gasteiger partial charge in [-0.1, -0.05) is 6.92 Å². The number of aryl methyl sites for hydroxylation is 1. The van der Waals surface area contributed by atoms with E-state index in [9.17, 15) is 0 Å². The highest BCUT2D eigenvalue weighted by molar-refractivity contribution is 7.15. The second kappa shape index (κ2) is 5.99. The van der Waals surface area contributed by atoms with Gasteiger partial charge in [-0.25, -0.2) is 4.98 Å². The van der Waals surface area contributed by atoms with Crippen LogP contribution in [-0.2, 0) is 0 Å². The van der Waals surface area contributed by atoms with Gasteiger partial charge in [-0.15, -0.1) is 11.3 Å². The fourth-order valence-electron chi connectivity index (χ4n) is 2.43. The van der Waals surface area contributed by atoms with Crippen LogP contribution >= 0.6 is 11.3 Å². The van der Waals surface area contributed by atoms with Crippen LogP contribution in [0, 0.1) is 6.92 Å². The topological polar surface area (TPSA) is 45.4 Å². The highest BCUT2D eigenvalue weighted by Crippen LogP contribution is 2.30. The molecular weight excluding hydrogens is 244 g/mol. The molecule has 1 aromatic rings. The summed E-state index contributed by atoms with van der Waals surface area (Å²) in [4.78, 5) is 10.8. The van der Waals surface area contributed by atoms with Crippen LogP contribution in [-0.4, -0.2) is 42.6 Å². The third-order valence-electron chi connectivity index (χ3n) is 3.42. The van der Waals surface area contributed by atoms with Gasteiger partial charge >= 0.3 is 0 Å². The van der Waals surface area contributed by atoms with Crippen molar-refractivity contribution in [3.05, 3.63) is 10.6 Å². The molecule has 102 valence electrons. The lowest BCUT2D eigenvalue weighted by Gasteiger charge is -2.34. The van der Waals surface area contributed by atoms with Crippen LogP contribution in [0.15, 0.2) is 0 Å². The van der Waals surface area contributed by atoms with Crippen LogP contribution in [0.1, 0.15) is 36.9 Å². The molecule has 4 nitrogen and oxygen atoms in total. The fraction of sp³-hybridized carbons (Fsp3) is 0.769. The Kier molecular flexibility index (Phi) is 4.59. The largest absolute Gasteiger partial charge is 0.346 e. The van der Waals surface area contributed by atoms with Gasteiger partial charge in [0, 0.05) is 37.1 Å². The molecular formula is C13H24N4S. The van der Waals surface area contributed by atoms with Gasteiger partial charge < -0.3 is 10.6 Å². The molecule has 1 aliphatic rings. The molecule has 2 N–H and O–H groups in total. The molecule has 5 heteroatoms. The normalized spacial score (nSPS) is 19.2. The van der Waals surface area contributed by atoms with E-state index in [1.807, 2.05) is 6.92 Å². The Morgan fingerprint density at radius 3 is 2.50 bits per heavy atom. The zero-order valence-corrected chi connectivity index (χ0v) is 12.5. The van der Waals surface area contributed by atoms with E-state index in [1.165, 1.54) is 17.8 Å². The molecule has 1 aromatic heterocycles. The summed E-state index contributed by atoms with van der Waals surface area (Å²) < 4.78 is 0. The molecule has 0 aliphatic carbocycles. The maximum Gasteiger partial charge on any atom is 0.185 e. The molecule has 1 fully saturated rings. The number of anilines is 1. The Bertz CT molecular complexity index is 380. The summed E-state index contributed by atoms with van der Waals surface area (Å²) in [6, 6.07) is 0.0950. The highest BCUT2D eigenvalue weighted by atomic mass is 32.1. The number of piperazine rings is 1. The molecule has 0 spiro atoms. The van der Waals surface area contributed by atoms with E-state index in [2.05, 4.69) is 28.6 Å². The zero-order chi connectivity index (χ0) is 13.1. The van der Waals surface area contributed by atoms with Gasteiger partial charge in [0.25, 0.3) is 0 Å². The van der Waals surface area contributed by atoms with E-state index in [4.69, 9.17) is 5.73 Å². The van der Waals surface area contributed by atoms with Crippen LogP contribution in [0.25, 0.3) is 0 Å². The smallest absolute Gasteiger partial charge is 0.185 e. The Balaban J connectivity index is 1.99. The minimum atomic E-state index is 0.0950. The van der Waals surface area contributed by atoms with Crippen molar-refractivity contribution in [2.24, 2.45) is 5.73 Å². The van der Waals surface area contributed by atoms with Crippen molar-refractivity contribution < 1.29 is 0 Å². The quantitative estimate of drug-likeness (QED) is 0.907. The molecule has 0 amide bonds. The van der Waals surface area contributed by atoms with Crippen molar-refractivity contribution in [1.82, 2.24) is 9.88 Å². The molecule has 0 radical (unpaired) electrons. The Morgan fingerprint density at radius 2 is 2.00 bits per heavy atom. The van der Waals surface area contributed by atoms with Crippen LogP contribution in [0.5, 0.6) is 0 Å². The third kappa shape index (κ3) is 3.02. The average Bonchev–Trinajstić information content (AvgIpc) is 2.73. The predicted octanol–water partition coefficient (Wildman–Crippen LogP) is 2.00. The summed E-state index contributed by atoms with van der Waals surface area (Å²) in [5, 5.41) is 1.15. The van der Waals surface area contributed by atoms with Gasteiger partial charge in [-0.2, -0.15) is 0 Å². The van der Waals surface area contributed by atoms with Gasteiger partial charge in [-0.3, -0.25) is 4.90 Å². The van der Waals surface area contributed by atoms with E-state index in [0.29, 0.717) is 0 Å². The maximum atomic E-state index is 5.96. The molecule has 1 saturated heterocycles. The van der Waals surface area contributed by atoms with Crippen LogP contribution < -0.4 is 10.6 Å². The zero-order valence-electron chi connectivity index (χ0n) is 11.6. The summed E-state index contributed by atoms with van der Waals surface area (Å²) >= 11 is 1.76. The van der Waals surface area contributed by atoms with Crippen molar-refractivity contribution in [1.29, 1.82) is 0 Å². The molecule has 0 saturated carbocycles. The SMILES string of the molecule is CCCN1CCN(c2nc(C)c(C(C)N)s2)CC1. The first kappa shape index (κ1) is 13.8. The minimum Gasteiger partial charge on any atom is -0.346 e. The third-order valence-corrected chi connectivity index (χ3v) is 4.84. The molecule has 2 heterocycles. The lowest BCUT2D eigenvalue weighted by molar-refractivity contribution is 0.258. The van der Waals surface area contributed by atoms with Gasteiger partial charge in [0.05, 0.1) is 5.69 Å². The molecule has 0 aromatic carbocycles. The van der Waals surface area contributed by atoms with Crippen molar-refractivity contribution in [3.8, 4) is 0 Å². The standard InChI is InChI=1S/C13H24N4S/c1-4-5-16-6-8-17(9-7-16)13-15-11(3)12(18-13)10(2)14/h10H,4-9,14H2,1-3H3. The summed E-state index contributed by atoms with van der Waals surface area (Å²) in [6.07, 6.45) is 1.24. The summed E-state index contributed by atoms with van der Waals surface area (Å²) in [5.41, 5.74) is 7.06. The number of nitrogens with zero attached hydrogens (tertiary/aromatic N) is 3. The average molecular weight is 268 g/mol.